The number of carbonyl (C=O) groups excluding carboxylic acids is 1. The van der Waals surface area contributed by atoms with Gasteiger partial charge in [0.1, 0.15) is 18.5 Å². The molecule has 0 radical (unpaired) electrons. The van der Waals surface area contributed by atoms with Crippen LogP contribution in [0.5, 0.6) is 0 Å². The zero-order chi connectivity index (χ0) is 13.2. The molecule has 0 spiro atoms. The second-order valence-corrected chi connectivity index (χ2v) is 4.68. The molecule has 2 fully saturated rings. The van der Waals surface area contributed by atoms with Crippen molar-refractivity contribution in [2.75, 3.05) is 31.1 Å². The van der Waals surface area contributed by atoms with E-state index in [1.54, 1.807) is 23.2 Å². The summed E-state index contributed by atoms with van der Waals surface area (Å²) in [5.41, 5.74) is 0.576. The number of pyridine rings is 1. The predicted octanol–water partition coefficient (Wildman–Crippen LogP) is 0.984. The van der Waals surface area contributed by atoms with Gasteiger partial charge in [-0.2, -0.15) is 5.26 Å². The lowest BCUT2D eigenvalue weighted by atomic mass is 10.2. The lowest BCUT2D eigenvalue weighted by molar-refractivity contribution is 0.150. The molecule has 1 unspecified atom stereocenters. The summed E-state index contributed by atoms with van der Waals surface area (Å²) in [5, 5.41) is 9.10. The molecule has 0 saturated carbocycles. The summed E-state index contributed by atoms with van der Waals surface area (Å²) in [5.74, 6) is 0.708. The summed E-state index contributed by atoms with van der Waals surface area (Å²) in [6.45, 7) is 2.65. The Bertz CT molecular complexity index is 540. The van der Waals surface area contributed by atoms with Gasteiger partial charge >= 0.3 is 6.09 Å². The quantitative estimate of drug-likeness (QED) is 0.791. The number of hydrogen-bond acceptors (Lipinski definition) is 5. The molecule has 1 amide bonds. The largest absolute Gasteiger partial charge is 0.448 e. The first kappa shape index (κ1) is 11.8. The van der Waals surface area contributed by atoms with E-state index in [1.807, 2.05) is 0 Å². The van der Waals surface area contributed by atoms with Crippen LogP contribution in [0.25, 0.3) is 0 Å². The molecule has 6 heteroatoms. The highest BCUT2D eigenvalue weighted by Gasteiger charge is 2.35. The number of rotatable bonds is 2. The third-order valence-electron chi connectivity index (χ3n) is 3.60. The van der Waals surface area contributed by atoms with Crippen molar-refractivity contribution in [2.24, 2.45) is 0 Å². The Hall–Kier alpha value is -2.29. The van der Waals surface area contributed by atoms with E-state index < -0.39 is 0 Å². The standard InChI is InChI=1S/C13H14N4O2/c14-8-10-2-1-4-15-12(10)16-5-3-11(9-16)17-6-7-19-13(17)18/h1-2,4,11H,3,5-7,9H2. The number of nitriles is 1. The summed E-state index contributed by atoms with van der Waals surface area (Å²) in [7, 11) is 0. The fourth-order valence-electron chi connectivity index (χ4n) is 2.66. The lowest BCUT2D eigenvalue weighted by Gasteiger charge is -2.22. The molecule has 1 aromatic rings. The zero-order valence-electron chi connectivity index (χ0n) is 10.5. The molecule has 6 nitrogen and oxygen atoms in total. The Morgan fingerprint density at radius 2 is 2.37 bits per heavy atom. The molecule has 3 rings (SSSR count). The summed E-state index contributed by atoms with van der Waals surface area (Å²) in [4.78, 5) is 19.7. The number of hydrogen-bond donors (Lipinski definition) is 0. The minimum Gasteiger partial charge on any atom is -0.448 e. The van der Waals surface area contributed by atoms with Gasteiger partial charge in [0.25, 0.3) is 0 Å². The molecule has 0 aliphatic carbocycles. The van der Waals surface area contributed by atoms with Gasteiger partial charge in [0, 0.05) is 19.3 Å². The number of amides is 1. The van der Waals surface area contributed by atoms with Crippen LogP contribution >= 0.6 is 0 Å². The van der Waals surface area contributed by atoms with Gasteiger partial charge in [0.2, 0.25) is 0 Å². The van der Waals surface area contributed by atoms with E-state index in [-0.39, 0.29) is 12.1 Å². The van der Waals surface area contributed by atoms with E-state index in [1.165, 1.54) is 0 Å². The fraction of sp³-hybridized carbons (Fsp3) is 0.462. The normalized spacial score (nSPS) is 22.5. The predicted molar refractivity (Wildman–Crippen MR) is 67.6 cm³/mol. The third-order valence-corrected chi connectivity index (χ3v) is 3.60. The van der Waals surface area contributed by atoms with Gasteiger partial charge in [0.05, 0.1) is 18.2 Å². The topological polar surface area (TPSA) is 69.5 Å². The van der Waals surface area contributed by atoms with Crippen molar-refractivity contribution in [2.45, 2.75) is 12.5 Å². The van der Waals surface area contributed by atoms with Crippen molar-refractivity contribution >= 4 is 11.9 Å². The Kier molecular flexibility index (Phi) is 2.95. The third kappa shape index (κ3) is 2.08. The molecule has 0 N–H and O–H groups in total. The van der Waals surface area contributed by atoms with E-state index in [4.69, 9.17) is 10.00 Å². The molecular weight excluding hydrogens is 244 g/mol. The first-order valence-electron chi connectivity index (χ1n) is 6.33. The Balaban J connectivity index is 1.75. The Morgan fingerprint density at radius 1 is 1.47 bits per heavy atom. The molecular formula is C13H14N4O2. The van der Waals surface area contributed by atoms with Gasteiger partial charge in [-0.25, -0.2) is 9.78 Å². The van der Waals surface area contributed by atoms with Gasteiger partial charge in [-0.1, -0.05) is 0 Å². The number of nitrogens with zero attached hydrogens (tertiary/aromatic N) is 4. The van der Waals surface area contributed by atoms with Crippen molar-refractivity contribution in [1.29, 1.82) is 5.26 Å². The second-order valence-electron chi connectivity index (χ2n) is 4.68. The fourth-order valence-corrected chi connectivity index (χ4v) is 2.66. The maximum Gasteiger partial charge on any atom is 0.410 e. The highest BCUT2D eigenvalue weighted by atomic mass is 16.6. The van der Waals surface area contributed by atoms with E-state index in [0.29, 0.717) is 31.1 Å². The molecule has 2 saturated heterocycles. The van der Waals surface area contributed by atoms with Crippen LogP contribution in [0, 0.1) is 11.3 Å². The minimum atomic E-state index is -0.228. The average Bonchev–Trinajstić information content (AvgIpc) is 3.07. The number of cyclic esters (lactones) is 1. The molecule has 0 aromatic carbocycles. The van der Waals surface area contributed by atoms with Gasteiger partial charge in [-0.3, -0.25) is 4.90 Å². The van der Waals surface area contributed by atoms with Crippen LogP contribution in [-0.4, -0.2) is 48.3 Å². The number of aromatic nitrogens is 1. The van der Waals surface area contributed by atoms with Crippen LogP contribution < -0.4 is 4.90 Å². The maximum absolute atomic E-state index is 11.5. The number of ether oxygens (including phenoxy) is 1. The maximum atomic E-state index is 11.5. The number of carbonyl (C=O) groups is 1. The molecule has 1 atom stereocenters. The summed E-state index contributed by atoms with van der Waals surface area (Å²) in [6.07, 6.45) is 2.35. The highest BCUT2D eigenvalue weighted by Crippen LogP contribution is 2.25. The molecule has 1 aromatic heterocycles. The van der Waals surface area contributed by atoms with E-state index >= 15 is 0 Å². The van der Waals surface area contributed by atoms with Crippen LogP contribution in [0.4, 0.5) is 10.6 Å². The smallest absolute Gasteiger partial charge is 0.410 e. The van der Waals surface area contributed by atoms with E-state index in [2.05, 4.69) is 16.0 Å². The molecule has 2 aliphatic heterocycles. The van der Waals surface area contributed by atoms with Crippen LogP contribution in [0.3, 0.4) is 0 Å². The Labute approximate surface area is 111 Å². The van der Waals surface area contributed by atoms with Gasteiger partial charge in [-0.05, 0) is 18.6 Å². The Morgan fingerprint density at radius 3 is 3.11 bits per heavy atom. The lowest BCUT2D eigenvalue weighted by Crippen LogP contribution is -2.38. The minimum absolute atomic E-state index is 0.156. The molecule has 0 bridgehead atoms. The monoisotopic (exact) mass is 258 g/mol. The highest BCUT2D eigenvalue weighted by molar-refractivity contribution is 5.70. The van der Waals surface area contributed by atoms with Crippen LogP contribution in [0.2, 0.25) is 0 Å². The van der Waals surface area contributed by atoms with Gasteiger partial charge < -0.3 is 9.64 Å². The molecule has 98 valence electrons. The van der Waals surface area contributed by atoms with Crippen molar-refractivity contribution in [3.8, 4) is 6.07 Å². The summed E-state index contributed by atoms with van der Waals surface area (Å²) >= 11 is 0. The van der Waals surface area contributed by atoms with Crippen molar-refractivity contribution in [3.63, 3.8) is 0 Å². The van der Waals surface area contributed by atoms with Crippen molar-refractivity contribution < 1.29 is 9.53 Å². The van der Waals surface area contributed by atoms with Crippen LogP contribution in [0.1, 0.15) is 12.0 Å². The van der Waals surface area contributed by atoms with E-state index in [0.717, 1.165) is 13.0 Å². The summed E-state index contributed by atoms with van der Waals surface area (Å²) < 4.78 is 4.96. The van der Waals surface area contributed by atoms with Crippen molar-refractivity contribution in [1.82, 2.24) is 9.88 Å². The van der Waals surface area contributed by atoms with Gasteiger partial charge in [0.15, 0.2) is 0 Å². The SMILES string of the molecule is N#Cc1cccnc1N1CCC(N2CCOC2=O)C1. The average molecular weight is 258 g/mol. The first-order chi connectivity index (χ1) is 9.29. The molecule has 19 heavy (non-hydrogen) atoms. The molecule has 2 aliphatic rings. The number of anilines is 1. The van der Waals surface area contributed by atoms with Crippen LogP contribution in [0.15, 0.2) is 18.3 Å². The van der Waals surface area contributed by atoms with Gasteiger partial charge in [-0.15, -0.1) is 0 Å². The second kappa shape index (κ2) is 4.76. The van der Waals surface area contributed by atoms with Crippen LogP contribution in [-0.2, 0) is 4.74 Å². The van der Waals surface area contributed by atoms with Crippen molar-refractivity contribution in [3.05, 3.63) is 23.9 Å². The van der Waals surface area contributed by atoms with E-state index in [9.17, 15) is 4.79 Å². The zero-order valence-corrected chi connectivity index (χ0v) is 10.5. The summed E-state index contributed by atoms with van der Waals surface area (Å²) in [6, 6.07) is 5.83. The first-order valence-corrected chi connectivity index (χ1v) is 6.33. The molecule has 3 heterocycles.